The first-order chi connectivity index (χ1) is 10.1. The molecule has 1 aromatic carbocycles. The third-order valence-corrected chi connectivity index (χ3v) is 3.84. The van der Waals surface area contributed by atoms with Gasteiger partial charge in [0.2, 0.25) is 0 Å². The van der Waals surface area contributed by atoms with E-state index in [0.29, 0.717) is 0 Å². The van der Waals surface area contributed by atoms with E-state index in [9.17, 15) is 0 Å². The Morgan fingerprint density at radius 1 is 1.24 bits per heavy atom. The number of allylic oxidation sites excluding steroid dienone is 1. The molecule has 0 bridgehead atoms. The molecule has 0 unspecified atom stereocenters. The number of hydrazine groups is 1. The van der Waals surface area contributed by atoms with E-state index >= 15 is 0 Å². The monoisotopic (exact) mass is 286 g/mol. The first-order valence-corrected chi connectivity index (χ1v) is 7.26. The molecule has 1 saturated heterocycles. The molecule has 0 aliphatic carbocycles. The Hall–Kier alpha value is -2.14. The summed E-state index contributed by atoms with van der Waals surface area (Å²) in [6.45, 7) is 5.53. The van der Waals surface area contributed by atoms with Crippen molar-refractivity contribution < 1.29 is 4.74 Å². The number of nitrogens with one attached hydrogen (secondary N) is 1. The van der Waals surface area contributed by atoms with Crippen LogP contribution in [0.5, 0.6) is 0 Å². The highest BCUT2D eigenvalue weighted by atomic mass is 16.5. The van der Waals surface area contributed by atoms with Gasteiger partial charge in [0.1, 0.15) is 0 Å². The number of hydrogen-bond acceptors (Lipinski definition) is 5. The Kier molecular flexibility index (Phi) is 3.75. The largest absolute Gasteiger partial charge is 0.399 e. The van der Waals surface area contributed by atoms with Crippen molar-refractivity contribution in [2.45, 2.75) is 6.92 Å². The summed E-state index contributed by atoms with van der Waals surface area (Å²) >= 11 is 0. The molecule has 2 aliphatic rings. The molecule has 1 fully saturated rings. The quantitative estimate of drug-likeness (QED) is 0.808. The number of aryl methyl sites for hydroxylation is 1. The Balaban J connectivity index is 1.93. The highest BCUT2D eigenvalue weighted by Crippen LogP contribution is 2.25. The van der Waals surface area contributed by atoms with E-state index < -0.39 is 0 Å². The molecule has 0 amide bonds. The lowest BCUT2D eigenvalue weighted by Crippen LogP contribution is -2.39. The maximum Gasteiger partial charge on any atom is 0.0642 e. The summed E-state index contributed by atoms with van der Waals surface area (Å²) in [5.41, 5.74) is 14.7. The lowest BCUT2D eigenvalue weighted by Gasteiger charge is -2.34. The zero-order chi connectivity index (χ0) is 14.8. The number of hydrogen-bond donors (Lipinski definition) is 2. The molecule has 2 aliphatic heterocycles. The maximum absolute atomic E-state index is 5.94. The molecule has 0 saturated carbocycles. The molecule has 5 heteroatoms. The number of nitrogens with zero attached hydrogens (tertiary/aromatic N) is 2. The summed E-state index contributed by atoms with van der Waals surface area (Å²) in [5.74, 6) is 0. The molecule has 0 spiro atoms. The Morgan fingerprint density at radius 2 is 2.00 bits per heavy atom. The Morgan fingerprint density at radius 3 is 2.76 bits per heavy atom. The van der Waals surface area contributed by atoms with Crippen LogP contribution in [0.4, 0.5) is 5.69 Å². The highest BCUT2D eigenvalue weighted by Gasteiger charge is 2.18. The third-order valence-electron chi connectivity index (χ3n) is 3.84. The normalized spacial score (nSPS) is 19.0. The second-order valence-corrected chi connectivity index (χ2v) is 5.51. The van der Waals surface area contributed by atoms with E-state index in [1.165, 1.54) is 11.3 Å². The average molecular weight is 286 g/mol. The van der Waals surface area contributed by atoms with Crippen LogP contribution in [0.3, 0.4) is 0 Å². The van der Waals surface area contributed by atoms with Crippen LogP contribution in [0.2, 0.25) is 0 Å². The fourth-order valence-electron chi connectivity index (χ4n) is 2.70. The second-order valence-electron chi connectivity index (χ2n) is 5.51. The van der Waals surface area contributed by atoms with Crippen LogP contribution in [0, 0.1) is 6.92 Å². The van der Waals surface area contributed by atoms with Crippen molar-refractivity contribution in [1.29, 1.82) is 0 Å². The minimum atomic E-state index is 0.781. The molecule has 0 radical (unpaired) electrons. The molecule has 3 N–H and O–H groups in total. The van der Waals surface area contributed by atoms with E-state index in [2.05, 4.69) is 35.6 Å². The van der Waals surface area contributed by atoms with Crippen molar-refractivity contribution in [3.8, 4) is 0 Å². The number of benzene rings is 1. The van der Waals surface area contributed by atoms with Gasteiger partial charge in [-0.1, -0.05) is 6.07 Å². The van der Waals surface area contributed by atoms with Gasteiger partial charge in [0.15, 0.2) is 0 Å². The summed E-state index contributed by atoms with van der Waals surface area (Å²) in [4.78, 5) is 2.35. The van der Waals surface area contributed by atoms with E-state index in [0.717, 1.165) is 43.3 Å². The predicted octanol–water partition coefficient (Wildman–Crippen LogP) is 1.54. The van der Waals surface area contributed by atoms with Crippen LogP contribution < -0.4 is 11.2 Å². The fraction of sp³-hybridized carbons (Fsp3) is 0.375. The molecular formula is C16H22N4O. The van der Waals surface area contributed by atoms with Gasteiger partial charge in [0.05, 0.1) is 24.6 Å². The topological polar surface area (TPSA) is 53.8 Å². The van der Waals surface area contributed by atoms with Crippen molar-refractivity contribution in [3.63, 3.8) is 0 Å². The van der Waals surface area contributed by atoms with Crippen LogP contribution in [0.1, 0.15) is 11.1 Å². The van der Waals surface area contributed by atoms with Crippen LogP contribution in [0.25, 0.3) is 5.70 Å². The van der Waals surface area contributed by atoms with Crippen molar-refractivity contribution in [2.24, 2.45) is 0 Å². The SMILES string of the molecule is Cc1ccc(N)cc1C1=CC(N2CCOCC2)=CN(C)N1. The van der Waals surface area contributed by atoms with Crippen molar-refractivity contribution in [3.05, 3.63) is 47.3 Å². The number of anilines is 1. The molecule has 21 heavy (non-hydrogen) atoms. The van der Waals surface area contributed by atoms with Crippen molar-refractivity contribution >= 4 is 11.4 Å². The number of ether oxygens (including phenoxy) is 1. The van der Waals surface area contributed by atoms with Crippen LogP contribution >= 0.6 is 0 Å². The van der Waals surface area contributed by atoms with Gasteiger partial charge >= 0.3 is 0 Å². The number of morpholine rings is 1. The molecule has 112 valence electrons. The Bertz CT molecular complexity index is 588. The van der Waals surface area contributed by atoms with Gasteiger partial charge in [-0.25, -0.2) is 0 Å². The van der Waals surface area contributed by atoms with Crippen LogP contribution in [-0.4, -0.2) is 43.3 Å². The minimum absolute atomic E-state index is 0.781. The lowest BCUT2D eigenvalue weighted by atomic mass is 10.0. The van der Waals surface area contributed by atoms with Crippen molar-refractivity contribution in [1.82, 2.24) is 15.3 Å². The maximum atomic E-state index is 5.94. The summed E-state index contributed by atoms with van der Waals surface area (Å²) in [6, 6.07) is 6.01. The van der Waals surface area contributed by atoms with E-state index in [-0.39, 0.29) is 0 Å². The zero-order valence-electron chi connectivity index (χ0n) is 12.6. The fourth-order valence-corrected chi connectivity index (χ4v) is 2.70. The third kappa shape index (κ3) is 2.97. The smallest absolute Gasteiger partial charge is 0.0642 e. The molecule has 2 heterocycles. The zero-order valence-corrected chi connectivity index (χ0v) is 12.6. The van der Waals surface area contributed by atoms with Crippen LogP contribution in [0.15, 0.2) is 36.2 Å². The van der Waals surface area contributed by atoms with Gasteiger partial charge in [-0.2, -0.15) is 0 Å². The summed E-state index contributed by atoms with van der Waals surface area (Å²) in [7, 11) is 2.01. The van der Waals surface area contributed by atoms with Gasteiger partial charge in [-0.3, -0.25) is 10.4 Å². The van der Waals surface area contributed by atoms with Gasteiger partial charge in [-0.15, -0.1) is 0 Å². The summed E-state index contributed by atoms with van der Waals surface area (Å²) < 4.78 is 5.43. The number of nitrogens with two attached hydrogens (primary N) is 1. The van der Waals surface area contributed by atoms with E-state index in [4.69, 9.17) is 10.5 Å². The number of rotatable bonds is 2. The summed E-state index contributed by atoms with van der Waals surface area (Å²) in [5, 5.41) is 1.99. The highest BCUT2D eigenvalue weighted by molar-refractivity contribution is 5.72. The molecule has 0 atom stereocenters. The van der Waals surface area contributed by atoms with Crippen molar-refractivity contribution in [2.75, 3.05) is 39.1 Å². The Labute approximate surface area is 125 Å². The van der Waals surface area contributed by atoms with Gasteiger partial charge < -0.3 is 15.4 Å². The predicted molar refractivity (Wildman–Crippen MR) is 84.9 cm³/mol. The molecule has 1 aromatic rings. The van der Waals surface area contributed by atoms with Crippen LogP contribution in [-0.2, 0) is 4.74 Å². The summed E-state index contributed by atoms with van der Waals surface area (Å²) in [6.07, 6.45) is 4.30. The van der Waals surface area contributed by atoms with Gasteiger partial charge in [-0.05, 0) is 30.7 Å². The molecule has 3 rings (SSSR count). The number of nitrogen functional groups attached to an aromatic ring is 1. The lowest BCUT2D eigenvalue weighted by molar-refractivity contribution is 0.0542. The average Bonchev–Trinajstić information content (AvgIpc) is 2.50. The second kappa shape index (κ2) is 5.69. The van der Waals surface area contributed by atoms with E-state index in [1.807, 2.05) is 24.2 Å². The first kappa shape index (κ1) is 13.8. The van der Waals surface area contributed by atoms with E-state index in [1.54, 1.807) is 0 Å². The van der Waals surface area contributed by atoms with Gasteiger partial charge in [0, 0.05) is 37.6 Å². The molecule has 5 nitrogen and oxygen atoms in total. The molecular weight excluding hydrogens is 264 g/mol. The minimum Gasteiger partial charge on any atom is -0.399 e. The first-order valence-electron chi connectivity index (χ1n) is 7.26. The van der Waals surface area contributed by atoms with Gasteiger partial charge in [0.25, 0.3) is 0 Å². The molecule has 0 aromatic heterocycles. The standard InChI is InChI=1S/C16H22N4O/c1-12-3-4-13(17)9-15(12)16-10-14(11-19(2)18-16)20-5-7-21-8-6-20/h3-4,9-11,18H,5-8,17H2,1-2H3.